The number of non-ortho nitro benzene ring substituents is 1. The molecule has 8 nitrogen and oxygen atoms in total. The van der Waals surface area contributed by atoms with Crippen LogP contribution in [0.2, 0.25) is 5.02 Å². The summed E-state index contributed by atoms with van der Waals surface area (Å²) >= 11 is 5.88. The smallest absolute Gasteiger partial charge is 0.306 e. The van der Waals surface area contributed by atoms with Gasteiger partial charge in [0, 0.05) is 18.6 Å². The molecule has 0 saturated heterocycles. The normalized spacial score (nSPS) is 10.1. The molecule has 0 aliphatic rings. The van der Waals surface area contributed by atoms with Crippen LogP contribution in [0.25, 0.3) is 0 Å². The van der Waals surface area contributed by atoms with Crippen LogP contribution >= 0.6 is 11.6 Å². The molecule has 1 N–H and O–H groups in total. The molecule has 1 amide bonds. The Kier molecular flexibility index (Phi) is 7.57. The third-order valence-electron chi connectivity index (χ3n) is 3.34. The van der Waals surface area contributed by atoms with Gasteiger partial charge in [0.1, 0.15) is 5.75 Å². The van der Waals surface area contributed by atoms with E-state index in [1.165, 1.54) is 12.1 Å². The zero-order valence-electron chi connectivity index (χ0n) is 14.2. The number of halogens is 1. The van der Waals surface area contributed by atoms with E-state index in [4.69, 9.17) is 21.1 Å². The molecule has 142 valence electrons. The summed E-state index contributed by atoms with van der Waals surface area (Å²) in [6.45, 7) is -0.175. The van der Waals surface area contributed by atoms with E-state index in [9.17, 15) is 19.7 Å². The molecule has 0 aliphatic carbocycles. The van der Waals surface area contributed by atoms with E-state index >= 15 is 0 Å². The monoisotopic (exact) mass is 392 g/mol. The third kappa shape index (κ3) is 6.95. The number of para-hydroxylation sites is 1. The number of nitro groups is 1. The molecule has 2 rings (SSSR count). The summed E-state index contributed by atoms with van der Waals surface area (Å²) < 4.78 is 10.3. The molecule has 0 aromatic heterocycles. The predicted octanol–water partition coefficient (Wildman–Crippen LogP) is 3.59. The lowest BCUT2D eigenvalue weighted by atomic mass is 10.3. The Balaban J connectivity index is 1.70. The quantitative estimate of drug-likeness (QED) is 0.302. The molecule has 0 aliphatic heterocycles. The summed E-state index contributed by atoms with van der Waals surface area (Å²) in [5.41, 5.74) is -0.145. The zero-order chi connectivity index (χ0) is 19.6. The van der Waals surface area contributed by atoms with Gasteiger partial charge in [-0.05, 0) is 24.6 Å². The van der Waals surface area contributed by atoms with Gasteiger partial charge in [-0.15, -0.1) is 0 Å². The van der Waals surface area contributed by atoms with Crippen molar-refractivity contribution in [1.29, 1.82) is 0 Å². The lowest BCUT2D eigenvalue weighted by Crippen LogP contribution is -2.21. The van der Waals surface area contributed by atoms with Gasteiger partial charge >= 0.3 is 5.97 Å². The average molecular weight is 393 g/mol. The lowest BCUT2D eigenvalue weighted by molar-refractivity contribution is -0.384. The number of nitro benzene ring substituents is 1. The number of carbonyl (C=O) groups is 2. The minimum atomic E-state index is -0.647. The second-order valence-electron chi connectivity index (χ2n) is 5.40. The van der Waals surface area contributed by atoms with Crippen LogP contribution in [-0.2, 0) is 14.3 Å². The maximum atomic E-state index is 11.8. The van der Waals surface area contributed by atoms with E-state index in [0.29, 0.717) is 18.8 Å². The van der Waals surface area contributed by atoms with Gasteiger partial charge in [-0.1, -0.05) is 29.8 Å². The fraction of sp³-hybridized carbons (Fsp3) is 0.222. The summed E-state index contributed by atoms with van der Waals surface area (Å²) in [7, 11) is 0. The molecule has 0 unspecified atom stereocenters. The van der Waals surface area contributed by atoms with E-state index in [2.05, 4.69) is 5.32 Å². The van der Waals surface area contributed by atoms with E-state index in [1.54, 1.807) is 0 Å². The molecule has 0 bridgehead atoms. The molecule has 27 heavy (non-hydrogen) atoms. The number of anilines is 1. The molecule has 2 aromatic rings. The Morgan fingerprint density at radius 3 is 2.59 bits per heavy atom. The topological polar surface area (TPSA) is 108 Å². The van der Waals surface area contributed by atoms with Crippen LogP contribution in [0, 0.1) is 10.1 Å². The summed E-state index contributed by atoms with van der Waals surface area (Å²) in [5.74, 6) is -0.489. The van der Waals surface area contributed by atoms with Crippen molar-refractivity contribution in [2.75, 3.05) is 18.5 Å². The predicted molar refractivity (Wildman–Crippen MR) is 98.9 cm³/mol. The molecular formula is C18H17ClN2O6. The lowest BCUT2D eigenvalue weighted by Gasteiger charge is -2.08. The largest absolute Gasteiger partial charge is 0.494 e. The number of carbonyl (C=O) groups excluding carboxylic acids is 2. The Bertz CT molecular complexity index is 813. The van der Waals surface area contributed by atoms with Gasteiger partial charge in [0.15, 0.2) is 6.61 Å². The molecular weight excluding hydrogens is 376 g/mol. The van der Waals surface area contributed by atoms with Gasteiger partial charge in [0.05, 0.1) is 22.2 Å². The number of nitrogens with zero attached hydrogens (tertiary/aromatic N) is 1. The minimum Gasteiger partial charge on any atom is -0.494 e. The molecule has 0 radical (unpaired) electrons. The molecule has 0 spiro atoms. The Labute approximate surface area is 160 Å². The Morgan fingerprint density at radius 1 is 1.15 bits per heavy atom. The van der Waals surface area contributed by atoms with E-state index in [0.717, 1.165) is 6.07 Å². The second-order valence-corrected chi connectivity index (χ2v) is 5.80. The zero-order valence-corrected chi connectivity index (χ0v) is 15.0. The number of ether oxygens (including phenoxy) is 2. The van der Waals surface area contributed by atoms with Gasteiger partial charge in [0.25, 0.3) is 11.6 Å². The number of hydrogen-bond acceptors (Lipinski definition) is 6. The Morgan fingerprint density at radius 2 is 1.89 bits per heavy atom. The molecule has 9 heteroatoms. The molecule has 0 heterocycles. The van der Waals surface area contributed by atoms with Crippen LogP contribution in [0.3, 0.4) is 0 Å². The SMILES string of the molecule is O=C(COC(=O)CCCOc1ccccc1)Nc1cc([N+](=O)[O-])ccc1Cl. The summed E-state index contributed by atoms with van der Waals surface area (Å²) in [4.78, 5) is 33.6. The van der Waals surface area contributed by atoms with Gasteiger partial charge in [-0.2, -0.15) is 0 Å². The van der Waals surface area contributed by atoms with Crippen LogP contribution < -0.4 is 10.1 Å². The van der Waals surface area contributed by atoms with Crippen LogP contribution in [0.1, 0.15) is 12.8 Å². The minimum absolute atomic E-state index is 0.0724. The van der Waals surface area contributed by atoms with E-state index in [-0.39, 0.29) is 22.8 Å². The maximum Gasteiger partial charge on any atom is 0.306 e. The number of hydrogen-bond donors (Lipinski definition) is 1. The molecule has 0 fully saturated rings. The van der Waals surface area contributed by atoms with E-state index in [1.807, 2.05) is 30.3 Å². The number of nitrogens with one attached hydrogen (secondary N) is 1. The maximum absolute atomic E-state index is 11.8. The summed E-state index contributed by atoms with van der Waals surface area (Å²) in [6.07, 6.45) is 0.531. The van der Waals surface area contributed by atoms with Crippen molar-refractivity contribution in [3.63, 3.8) is 0 Å². The highest BCUT2D eigenvalue weighted by atomic mass is 35.5. The van der Waals surface area contributed by atoms with Crippen LogP contribution in [0.5, 0.6) is 5.75 Å². The van der Waals surface area contributed by atoms with Gasteiger partial charge in [0.2, 0.25) is 0 Å². The first-order chi connectivity index (χ1) is 13.0. The Hall–Kier alpha value is -3.13. The highest BCUT2D eigenvalue weighted by molar-refractivity contribution is 6.33. The van der Waals surface area contributed by atoms with Crippen molar-refractivity contribution in [3.8, 4) is 5.75 Å². The average Bonchev–Trinajstić information content (AvgIpc) is 2.66. The molecule has 2 aromatic carbocycles. The number of benzene rings is 2. The van der Waals surface area contributed by atoms with Gasteiger partial charge in [-0.3, -0.25) is 19.7 Å². The van der Waals surface area contributed by atoms with Crippen molar-refractivity contribution >= 4 is 34.9 Å². The van der Waals surface area contributed by atoms with Crippen molar-refractivity contribution in [3.05, 3.63) is 63.7 Å². The van der Waals surface area contributed by atoms with E-state index < -0.39 is 23.4 Å². The summed E-state index contributed by atoms with van der Waals surface area (Å²) in [5, 5.41) is 13.3. The number of esters is 1. The van der Waals surface area contributed by atoms with Crippen LogP contribution in [-0.4, -0.2) is 30.0 Å². The fourth-order valence-electron chi connectivity index (χ4n) is 2.05. The standard InChI is InChI=1S/C18H17ClN2O6/c19-15-9-8-13(21(24)25)11-16(15)20-17(22)12-27-18(23)7-4-10-26-14-5-2-1-3-6-14/h1-3,5-6,8-9,11H,4,7,10,12H2,(H,20,22). The van der Waals surface area contributed by atoms with Crippen molar-refractivity contribution in [2.24, 2.45) is 0 Å². The summed E-state index contributed by atoms with van der Waals surface area (Å²) in [6, 6.07) is 12.8. The van der Waals surface area contributed by atoms with Crippen molar-refractivity contribution < 1.29 is 24.0 Å². The highest BCUT2D eigenvalue weighted by Gasteiger charge is 2.13. The van der Waals surface area contributed by atoms with Gasteiger partial charge < -0.3 is 14.8 Å². The molecule has 0 atom stereocenters. The first kappa shape index (κ1) is 20.2. The third-order valence-corrected chi connectivity index (χ3v) is 3.67. The van der Waals surface area contributed by atoms with Crippen LogP contribution in [0.15, 0.2) is 48.5 Å². The first-order valence-electron chi connectivity index (χ1n) is 8.03. The van der Waals surface area contributed by atoms with Gasteiger partial charge in [-0.25, -0.2) is 0 Å². The fourth-order valence-corrected chi connectivity index (χ4v) is 2.22. The molecule has 0 saturated carbocycles. The van der Waals surface area contributed by atoms with Crippen LogP contribution in [0.4, 0.5) is 11.4 Å². The first-order valence-corrected chi connectivity index (χ1v) is 8.41. The second kappa shape index (κ2) is 10.1. The number of rotatable bonds is 9. The van der Waals surface area contributed by atoms with Crippen molar-refractivity contribution in [1.82, 2.24) is 0 Å². The van der Waals surface area contributed by atoms with Crippen molar-refractivity contribution in [2.45, 2.75) is 12.8 Å². The number of amides is 1. The highest BCUT2D eigenvalue weighted by Crippen LogP contribution is 2.26.